The van der Waals surface area contributed by atoms with Gasteiger partial charge in [-0.1, -0.05) is 42.5 Å². The summed E-state index contributed by atoms with van der Waals surface area (Å²) in [5.74, 6) is -2.91. The van der Waals surface area contributed by atoms with E-state index in [1.165, 1.54) is 24.3 Å². The Kier molecular flexibility index (Phi) is 5.74. The van der Waals surface area contributed by atoms with Crippen molar-refractivity contribution in [3.05, 3.63) is 71.3 Å². The molecule has 0 saturated carbocycles. The molecule has 2 aromatic carbocycles. The van der Waals surface area contributed by atoms with Crippen molar-refractivity contribution in [1.82, 2.24) is 4.90 Å². The second-order valence-corrected chi connectivity index (χ2v) is 6.22. The average Bonchev–Trinajstić information content (AvgIpc) is 3.17. The predicted molar refractivity (Wildman–Crippen MR) is 97.8 cm³/mol. The molecule has 0 spiro atoms. The number of ether oxygens (including phenoxy) is 1. The molecule has 1 saturated heterocycles. The summed E-state index contributed by atoms with van der Waals surface area (Å²) >= 11 is 0. The fraction of sp³-hybridized carbons (Fsp3) is 0.190. The van der Waals surface area contributed by atoms with Gasteiger partial charge < -0.3 is 4.74 Å². The quantitative estimate of drug-likeness (QED) is 0.433. The molecule has 0 aromatic heterocycles. The highest BCUT2D eigenvalue weighted by molar-refractivity contribution is 6.49. The summed E-state index contributed by atoms with van der Waals surface area (Å²) in [7, 11) is 0. The number of likely N-dealkylation sites (tertiary alicyclic amines) is 1. The van der Waals surface area contributed by atoms with Crippen LogP contribution in [0.2, 0.25) is 0 Å². The third-order valence-electron chi connectivity index (χ3n) is 4.33. The largest absolute Gasteiger partial charge is 0.452 e. The molecule has 28 heavy (non-hydrogen) atoms. The third-order valence-corrected chi connectivity index (χ3v) is 4.33. The van der Waals surface area contributed by atoms with Crippen LogP contribution in [0, 0.1) is 0 Å². The molecule has 1 aliphatic heterocycles. The lowest BCUT2D eigenvalue weighted by Gasteiger charge is -2.13. The Morgan fingerprint density at radius 1 is 0.821 bits per heavy atom. The summed E-state index contributed by atoms with van der Waals surface area (Å²) in [6, 6.07) is 13.6. The average molecular weight is 379 g/mol. The zero-order chi connectivity index (χ0) is 20.1. The maximum absolute atomic E-state index is 12.3. The first-order valence-electron chi connectivity index (χ1n) is 8.72. The molecule has 0 bridgehead atoms. The van der Waals surface area contributed by atoms with Crippen LogP contribution in [-0.4, -0.2) is 47.4 Å². The minimum atomic E-state index is -0.756. The van der Waals surface area contributed by atoms with Gasteiger partial charge in [0, 0.05) is 24.1 Å². The number of carbonyl (C=O) groups excluding carboxylic acids is 5. The predicted octanol–water partition coefficient (Wildman–Crippen LogP) is 2.06. The standard InChI is InChI=1S/C21H17NO6/c23-17-7-4-12-22(17)18(24)13-28-21(27)16-10-8-15(9-11-16)20(26)19(25)14-5-2-1-3-6-14/h1-3,5-6,8-11H,4,7,12-13H2. The van der Waals surface area contributed by atoms with E-state index < -0.39 is 30.0 Å². The van der Waals surface area contributed by atoms with Gasteiger partial charge in [0.15, 0.2) is 6.61 Å². The Balaban J connectivity index is 1.59. The minimum Gasteiger partial charge on any atom is -0.452 e. The number of hydrogen-bond donors (Lipinski definition) is 0. The maximum Gasteiger partial charge on any atom is 0.338 e. The van der Waals surface area contributed by atoms with Gasteiger partial charge >= 0.3 is 5.97 Å². The second kappa shape index (κ2) is 8.39. The van der Waals surface area contributed by atoms with E-state index in [1.54, 1.807) is 30.3 Å². The Morgan fingerprint density at radius 3 is 1.96 bits per heavy atom. The molecule has 0 aliphatic carbocycles. The Morgan fingerprint density at radius 2 is 1.39 bits per heavy atom. The molecule has 2 amide bonds. The van der Waals surface area contributed by atoms with Crippen LogP contribution in [0.15, 0.2) is 54.6 Å². The molecule has 0 unspecified atom stereocenters. The van der Waals surface area contributed by atoms with Crippen LogP contribution in [0.3, 0.4) is 0 Å². The van der Waals surface area contributed by atoms with Crippen molar-refractivity contribution in [2.75, 3.05) is 13.2 Å². The summed E-state index contributed by atoms with van der Waals surface area (Å²) in [6.07, 6.45) is 0.923. The monoisotopic (exact) mass is 379 g/mol. The fourth-order valence-electron chi connectivity index (χ4n) is 2.81. The Hall–Kier alpha value is -3.61. The van der Waals surface area contributed by atoms with Gasteiger partial charge in [-0.2, -0.15) is 0 Å². The zero-order valence-electron chi connectivity index (χ0n) is 14.9. The van der Waals surface area contributed by atoms with Crippen LogP contribution in [0.5, 0.6) is 0 Å². The number of carbonyl (C=O) groups is 5. The number of rotatable bonds is 6. The zero-order valence-corrected chi connectivity index (χ0v) is 14.9. The van der Waals surface area contributed by atoms with Crippen LogP contribution in [0.25, 0.3) is 0 Å². The van der Waals surface area contributed by atoms with Crippen molar-refractivity contribution in [2.24, 2.45) is 0 Å². The highest BCUT2D eigenvalue weighted by atomic mass is 16.5. The van der Waals surface area contributed by atoms with E-state index in [-0.39, 0.29) is 22.6 Å². The molecule has 1 aliphatic rings. The number of benzene rings is 2. The van der Waals surface area contributed by atoms with Crippen molar-refractivity contribution in [1.29, 1.82) is 0 Å². The van der Waals surface area contributed by atoms with Crippen molar-refractivity contribution in [3.8, 4) is 0 Å². The summed E-state index contributed by atoms with van der Waals surface area (Å²) in [5, 5.41) is 0. The molecule has 1 fully saturated rings. The van der Waals surface area contributed by atoms with Crippen LogP contribution in [0.4, 0.5) is 0 Å². The summed E-state index contributed by atoms with van der Waals surface area (Å²) in [5.41, 5.74) is 0.555. The van der Waals surface area contributed by atoms with E-state index in [2.05, 4.69) is 0 Å². The molecule has 7 nitrogen and oxygen atoms in total. The van der Waals surface area contributed by atoms with E-state index >= 15 is 0 Å². The first kappa shape index (κ1) is 19.2. The Bertz CT molecular complexity index is 933. The molecule has 0 radical (unpaired) electrons. The molecule has 0 N–H and O–H groups in total. The van der Waals surface area contributed by atoms with Crippen molar-refractivity contribution in [3.63, 3.8) is 0 Å². The van der Waals surface area contributed by atoms with E-state index in [1.807, 2.05) is 0 Å². The highest BCUT2D eigenvalue weighted by Gasteiger charge is 2.27. The minimum absolute atomic E-state index is 0.129. The van der Waals surface area contributed by atoms with Crippen LogP contribution < -0.4 is 0 Å². The molecular formula is C21H17NO6. The maximum atomic E-state index is 12.3. The SMILES string of the molecule is O=C(OCC(=O)N1CCCC1=O)c1ccc(C(=O)C(=O)c2ccccc2)cc1. The number of Topliss-reactive ketones (excluding diaryl/α,β-unsaturated/α-hetero) is 2. The molecule has 142 valence electrons. The van der Waals surface area contributed by atoms with Crippen molar-refractivity contribution >= 4 is 29.4 Å². The molecule has 2 aromatic rings. The lowest BCUT2D eigenvalue weighted by Crippen LogP contribution is -2.35. The van der Waals surface area contributed by atoms with Gasteiger partial charge in [0.25, 0.3) is 5.91 Å². The van der Waals surface area contributed by atoms with Gasteiger partial charge in [-0.05, 0) is 18.6 Å². The van der Waals surface area contributed by atoms with E-state index in [0.29, 0.717) is 19.4 Å². The molecule has 7 heteroatoms. The summed E-state index contributed by atoms with van der Waals surface area (Å²) in [6.45, 7) is -0.195. The lowest BCUT2D eigenvalue weighted by atomic mass is 10.0. The van der Waals surface area contributed by atoms with E-state index in [0.717, 1.165) is 4.90 Å². The molecule has 0 atom stereocenters. The van der Waals surface area contributed by atoms with Gasteiger partial charge in [0.05, 0.1) is 5.56 Å². The molecule has 3 rings (SSSR count). The molecule has 1 heterocycles. The normalized spacial score (nSPS) is 13.3. The molecular weight excluding hydrogens is 362 g/mol. The number of esters is 1. The topological polar surface area (TPSA) is 97.8 Å². The van der Waals surface area contributed by atoms with E-state index in [9.17, 15) is 24.0 Å². The first-order chi connectivity index (χ1) is 13.5. The lowest BCUT2D eigenvalue weighted by molar-refractivity contribution is -0.143. The third kappa shape index (κ3) is 4.20. The fourth-order valence-corrected chi connectivity index (χ4v) is 2.81. The first-order valence-corrected chi connectivity index (χ1v) is 8.72. The van der Waals surface area contributed by atoms with Gasteiger partial charge in [-0.25, -0.2) is 4.79 Å². The second-order valence-electron chi connectivity index (χ2n) is 6.22. The van der Waals surface area contributed by atoms with Gasteiger partial charge in [-0.3, -0.25) is 24.1 Å². The van der Waals surface area contributed by atoms with E-state index in [4.69, 9.17) is 4.74 Å². The smallest absolute Gasteiger partial charge is 0.338 e. The van der Waals surface area contributed by atoms with Gasteiger partial charge in [0.1, 0.15) is 0 Å². The van der Waals surface area contributed by atoms with Crippen LogP contribution >= 0.6 is 0 Å². The number of imide groups is 1. The summed E-state index contributed by atoms with van der Waals surface area (Å²) < 4.78 is 4.93. The van der Waals surface area contributed by atoms with Gasteiger partial charge in [-0.15, -0.1) is 0 Å². The number of ketones is 2. The number of nitrogens with zero attached hydrogens (tertiary/aromatic N) is 1. The van der Waals surface area contributed by atoms with Crippen LogP contribution in [0.1, 0.15) is 43.9 Å². The number of hydrogen-bond acceptors (Lipinski definition) is 6. The summed E-state index contributed by atoms with van der Waals surface area (Å²) in [4.78, 5) is 61.0. The van der Waals surface area contributed by atoms with Gasteiger partial charge in [0.2, 0.25) is 17.5 Å². The number of amides is 2. The van der Waals surface area contributed by atoms with Crippen LogP contribution in [-0.2, 0) is 14.3 Å². The highest BCUT2D eigenvalue weighted by Crippen LogP contribution is 2.12. The Labute approximate surface area is 160 Å². The van der Waals surface area contributed by atoms with Crippen molar-refractivity contribution in [2.45, 2.75) is 12.8 Å². The van der Waals surface area contributed by atoms with Crippen molar-refractivity contribution < 1.29 is 28.7 Å².